The predicted molar refractivity (Wildman–Crippen MR) is 82.0 cm³/mol. The molecule has 3 rings (SSSR count). The van der Waals surface area contributed by atoms with Crippen molar-refractivity contribution in [2.24, 2.45) is 7.05 Å². The Morgan fingerprint density at radius 2 is 1.81 bits per heavy atom. The Morgan fingerprint density at radius 3 is 2.48 bits per heavy atom. The summed E-state index contributed by atoms with van der Waals surface area (Å²) in [5, 5.41) is 11.3. The molecule has 104 valence electrons. The predicted octanol–water partition coefficient (Wildman–Crippen LogP) is 3.35. The van der Waals surface area contributed by atoms with Crippen LogP contribution in [0.1, 0.15) is 11.4 Å². The van der Waals surface area contributed by atoms with Gasteiger partial charge in [-0.05, 0) is 24.3 Å². The average molecular weight is 279 g/mol. The van der Waals surface area contributed by atoms with Gasteiger partial charge in [0, 0.05) is 7.05 Å². The van der Waals surface area contributed by atoms with Gasteiger partial charge in [0.2, 0.25) is 0 Å². The van der Waals surface area contributed by atoms with Crippen molar-refractivity contribution in [1.29, 1.82) is 0 Å². The van der Waals surface area contributed by atoms with E-state index in [-0.39, 0.29) is 10.6 Å². The lowest BCUT2D eigenvalue weighted by Gasteiger charge is -2.00. The van der Waals surface area contributed by atoms with Gasteiger partial charge in [-0.3, -0.25) is 10.1 Å². The number of aromatic nitrogens is 2. The minimum absolute atomic E-state index is 0.0361. The molecule has 0 aliphatic heterocycles. The molecule has 0 aliphatic carbocycles. The minimum atomic E-state index is -0.380. The van der Waals surface area contributed by atoms with Crippen LogP contribution in [0.15, 0.2) is 54.6 Å². The zero-order valence-corrected chi connectivity index (χ0v) is 11.4. The summed E-state index contributed by atoms with van der Waals surface area (Å²) in [7, 11) is 1.85. The van der Waals surface area contributed by atoms with Gasteiger partial charge in [-0.15, -0.1) is 0 Å². The van der Waals surface area contributed by atoms with Crippen LogP contribution in [0.5, 0.6) is 0 Å². The first-order chi connectivity index (χ1) is 10.2. The maximum atomic E-state index is 11.3. The Kier molecular flexibility index (Phi) is 3.23. The molecule has 0 saturated carbocycles. The quantitative estimate of drug-likeness (QED) is 0.545. The van der Waals surface area contributed by atoms with Gasteiger partial charge < -0.3 is 4.57 Å². The first-order valence-electron chi connectivity index (χ1n) is 6.50. The van der Waals surface area contributed by atoms with E-state index in [9.17, 15) is 10.1 Å². The van der Waals surface area contributed by atoms with Gasteiger partial charge in [0.25, 0.3) is 5.70 Å². The minimum Gasteiger partial charge on any atom is -0.327 e. The molecular weight excluding hydrogens is 266 g/mol. The highest BCUT2D eigenvalue weighted by Gasteiger charge is 2.16. The third-order valence-electron chi connectivity index (χ3n) is 3.35. The van der Waals surface area contributed by atoms with Crippen LogP contribution in [0.25, 0.3) is 22.8 Å². The first-order valence-corrected chi connectivity index (χ1v) is 6.50. The number of nitrogens with zero attached hydrogens (tertiary/aromatic N) is 3. The molecule has 21 heavy (non-hydrogen) atoms. The molecule has 0 saturated heterocycles. The van der Waals surface area contributed by atoms with E-state index < -0.39 is 0 Å². The monoisotopic (exact) mass is 279 g/mol. The lowest BCUT2D eigenvalue weighted by molar-refractivity contribution is -0.374. The van der Waals surface area contributed by atoms with E-state index in [1.165, 1.54) is 6.08 Å². The Labute approximate surface area is 121 Å². The zero-order valence-electron chi connectivity index (χ0n) is 11.4. The molecular formula is C16H13N3O2. The molecule has 2 aromatic carbocycles. The van der Waals surface area contributed by atoms with Crippen LogP contribution in [-0.2, 0) is 7.05 Å². The largest absolute Gasteiger partial charge is 0.327 e. The van der Waals surface area contributed by atoms with Crippen LogP contribution < -0.4 is 0 Å². The number of fused-ring (bicyclic) bond motifs is 1. The highest BCUT2D eigenvalue weighted by molar-refractivity contribution is 5.81. The SMILES string of the molecule is Cn1c(/C=C(/c2ccccc2)[N+](=O)[O-])nc2ccccc21. The van der Waals surface area contributed by atoms with Gasteiger partial charge in [0.1, 0.15) is 5.82 Å². The second-order valence-corrected chi connectivity index (χ2v) is 4.67. The van der Waals surface area contributed by atoms with Crippen molar-refractivity contribution in [2.75, 3.05) is 0 Å². The molecule has 0 unspecified atom stereocenters. The van der Waals surface area contributed by atoms with E-state index in [2.05, 4.69) is 4.98 Å². The number of hydrogen-bond acceptors (Lipinski definition) is 3. The molecule has 0 atom stereocenters. The summed E-state index contributed by atoms with van der Waals surface area (Å²) in [6.07, 6.45) is 1.51. The second kappa shape index (κ2) is 5.20. The molecule has 3 aromatic rings. The summed E-state index contributed by atoms with van der Waals surface area (Å²) < 4.78 is 1.85. The van der Waals surface area contributed by atoms with Crippen LogP contribution >= 0.6 is 0 Å². The van der Waals surface area contributed by atoms with E-state index in [0.29, 0.717) is 11.4 Å². The van der Waals surface area contributed by atoms with Gasteiger partial charge >= 0.3 is 0 Å². The van der Waals surface area contributed by atoms with Crippen molar-refractivity contribution in [1.82, 2.24) is 9.55 Å². The number of benzene rings is 2. The van der Waals surface area contributed by atoms with E-state index in [0.717, 1.165) is 11.0 Å². The number of aryl methyl sites for hydroxylation is 1. The molecule has 0 spiro atoms. The van der Waals surface area contributed by atoms with Crippen molar-refractivity contribution in [3.05, 3.63) is 76.1 Å². The van der Waals surface area contributed by atoms with E-state index >= 15 is 0 Å². The number of imidazole rings is 1. The molecule has 0 N–H and O–H groups in total. The number of hydrogen-bond donors (Lipinski definition) is 0. The van der Waals surface area contributed by atoms with Crippen LogP contribution in [0, 0.1) is 10.1 Å². The fraction of sp³-hybridized carbons (Fsp3) is 0.0625. The number of rotatable bonds is 3. The molecule has 5 nitrogen and oxygen atoms in total. The fourth-order valence-corrected chi connectivity index (χ4v) is 2.27. The van der Waals surface area contributed by atoms with Crippen molar-refractivity contribution in [2.45, 2.75) is 0 Å². The summed E-state index contributed by atoms with van der Waals surface area (Å²) in [5.41, 5.74) is 2.37. The van der Waals surface area contributed by atoms with Crippen LogP contribution in [-0.4, -0.2) is 14.5 Å². The van der Waals surface area contributed by atoms with Gasteiger partial charge in [-0.1, -0.05) is 30.3 Å². The molecule has 5 heteroatoms. The maximum absolute atomic E-state index is 11.3. The van der Waals surface area contributed by atoms with Crippen LogP contribution in [0.4, 0.5) is 0 Å². The Bertz CT molecular complexity index is 835. The van der Waals surface area contributed by atoms with Gasteiger partial charge in [-0.2, -0.15) is 0 Å². The molecule has 0 aliphatic rings. The molecule has 1 heterocycles. The van der Waals surface area contributed by atoms with Gasteiger partial charge in [0.15, 0.2) is 0 Å². The molecule has 0 fully saturated rings. The van der Waals surface area contributed by atoms with Crippen molar-refractivity contribution < 1.29 is 4.92 Å². The third kappa shape index (κ3) is 2.41. The molecule has 0 bridgehead atoms. The standard InChI is InChI=1S/C16H13N3O2/c1-18-14-10-6-5-9-13(14)17-16(18)11-15(19(20)21)12-7-3-2-4-8-12/h2-11H,1H3/b15-11-. The number of nitro groups is 1. The Morgan fingerprint density at radius 1 is 1.14 bits per heavy atom. The smallest absolute Gasteiger partial charge is 0.280 e. The van der Waals surface area contributed by atoms with Crippen LogP contribution in [0.2, 0.25) is 0 Å². The lowest BCUT2D eigenvalue weighted by Crippen LogP contribution is -2.00. The van der Waals surface area contributed by atoms with E-state index in [1.54, 1.807) is 24.3 Å². The third-order valence-corrected chi connectivity index (χ3v) is 3.35. The van der Waals surface area contributed by atoms with Crippen molar-refractivity contribution >= 4 is 22.8 Å². The van der Waals surface area contributed by atoms with Crippen molar-refractivity contribution in [3.63, 3.8) is 0 Å². The summed E-state index contributed by atoms with van der Waals surface area (Å²) in [5.74, 6) is 0.562. The Balaban J connectivity index is 2.16. The zero-order chi connectivity index (χ0) is 14.8. The second-order valence-electron chi connectivity index (χ2n) is 4.67. The average Bonchev–Trinajstić information content (AvgIpc) is 2.82. The highest BCUT2D eigenvalue weighted by atomic mass is 16.6. The normalized spacial score (nSPS) is 11.8. The molecule has 0 amide bonds. The summed E-state index contributed by atoms with van der Waals surface area (Å²) in [6, 6.07) is 16.5. The summed E-state index contributed by atoms with van der Waals surface area (Å²) in [4.78, 5) is 15.4. The fourth-order valence-electron chi connectivity index (χ4n) is 2.27. The summed E-state index contributed by atoms with van der Waals surface area (Å²) >= 11 is 0. The highest BCUT2D eigenvalue weighted by Crippen LogP contribution is 2.21. The Hall–Kier alpha value is -2.95. The van der Waals surface area contributed by atoms with Gasteiger partial charge in [0.05, 0.1) is 27.6 Å². The van der Waals surface area contributed by atoms with E-state index in [1.807, 2.05) is 41.9 Å². The molecule has 0 radical (unpaired) electrons. The number of para-hydroxylation sites is 2. The summed E-state index contributed by atoms with van der Waals surface area (Å²) in [6.45, 7) is 0. The van der Waals surface area contributed by atoms with Crippen LogP contribution in [0.3, 0.4) is 0 Å². The molecule has 1 aromatic heterocycles. The lowest BCUT2D eigenvalue weighted by atomic mass is 10.1. The van der Waals surface area contributed by atoms with E-state index in [4.69, 9.17) is 0 Å². The topological polar surface area (TPSA) is 61.0 Å². The van der Waals surface area contributed by atoms with Gasteiger partial charge in [-0.25, -0.2) is 4.98 Å². The van der Waals surface area contributed by atoms with Crippen molar-refractivity contribution in [3.8, 4) is 0 Å². The first kappa shape index (κ1) is 13.1. The maximum Gasteiger partial charge on any atom is 0.280 e.